The number of nitrogens with zero attached hydrogens (tertiary/aromatic N) is 2. The number of hydrogen-bond acceptors (Lipinski definition) is 4. The lowest BCUT2D eigenvalue weighted by Crippen LogP contribution is -1.87. The van der Waals surface area contributed by atoms with Gasteiger partial charge in [-0.25, -0.2) is 4.98 Å². The fraction of sp³-hybridized carbons (Fsp3) is 0. The molecule has 0 spiro atoms. The van der Waals surface area contributed by atoms with Crippen molar-refractivity contribution in [1.29, 1.82) is 0 Å². The average Bonchev–Trinajstić information content (AvgIpc) is 3.05. The molecule has 0 aliphatic rings. The van der Waals surface area contributed by atoms with Gasteiger partial charge in [-0.15, -0.1) is 0 Å². The third-order valence-electron chi connectivity index (χ3n) is 4.12. The minimum Gasteiger partial charge on any atom is -0.508 e. The van der Waals surface area contributed by atoms with Gasteiger partial charge in [-0.05, 0) is 41.5 Å². The summed E-state index contributed by atoms with van der Waals surface area (Å²) in [6, 6.07) is 15.4. The van der Waals surface area contributed by atoms with Gasteiger partial charge in [0.1, 0.15) is 11.4 Å². The zero-order valence-electron chi connectivity index (χ0n) is 13.0. The summed E-state index contributed by atoms with van der Waals surface area (Å²) < 4.78 is 0. The molecule has 0 bridgehead atoms. The molecule has 0 fully saturated rings. The Bertz CT molecular complexity index is 1070. The van der Waals surface area contributed by atoms with Crippen molar-refractivity contribution in [2.75, 3.05) is 0 Å². The van der Waals surface area contributed by atoms with E-state index < -0.39 is 4.92 Å². The fourth-order valence-electron chi connectivity index (χ4n) is 2.82. The van der Waals surface area contributed by atoms with Crippen molar-refractivity contribution >= 4 is 16.7 Å². The van der Waals surface area contributed by atoms with Crippen LogP contribution < -0.4 is 0 Å². The number of aromatic nitrogens is 2. The lowest BCUT2D eigenvalue weighted by molar-refractivity contribution is -0.384. The molecule has 0 atom stereocenters. The number of hydrogen-bond donors (Lipinski definition) is 2. The summed E-state index contributed by atoms with van der Waals surface area (Å²) in [5.41, 5.74) is 4.50. The minimum absolute atomic E-state index is 0.0595. The highest BCUT2D eigenvalue weighted by atomic mass is 16.6. The van der Waals surface area contributed by atoms with E-state index >= 15 is 0 Å². The van der Waals surface area contributed by atoms with Crippen molar-refractivity contribution in [2.24, 2.45) is 0 Å². The van der Waals surface area contributed by atoms with Gasteiger partial charge >= 0.3 is 0 Å². The quantitative estimate of drug-likeness (QED) is 0.427. The average molecular weight is 331 g/mol. The number of aromatic hydroxyl groups is 1. The smallest absolute Gasteiger partial charge is 0.269 e. The molecule has 4 aromatic rings. The molecule has 0 unspecified atom stereocenters. The molecule has 0 aliphatic carbocycles. The zero-order valence-corrected chi connectivity index (χ0v) is 13.0. The number of H-pyrrole nitrogens is 1. The number of benzene rings is 2. The van der Waals surface area contributed by atoms with E-state index in [1.54, 1.807) is 30.5 Å². The van der Waals surface area contributed by atoms with Crippen LogP contribution in [0.4, 0.5) is 5.69 Å². The Labute approximate surface area is 142 Å². The van der Waals surface area contributed by atoms with Gasteiger partial charge in [0, 0.05) is 41.0 Å². The number of non-ortho nitro benzene ring substituents is 1. The van der Waals surface area contributed by atoms with Crippen molar-refractivity contribution in [3.8, 4) is 28.0 Å². The SMILES string of the molecule is O=[N+]([O-])c1ccc(-c2cnc3[nH]cc(-c4ccc(O)cc4)c3c2)cc1. The highest BCUT2D eigenvalue weighted by Gasteiger charge is 2.10. The Morgan fingerprint density at radius 1 is 0.960 bits per heavy atom. The van der Waals surface area contributed by atoms with E-state index in [1.165, 1.54) is 12.1 Å². The number of nitrogens with one attached hydrogen (secondary N) is 1. The second kappa shape index (κ2) is 5.76. The molecule has 0 saturated heterocycles. The maximum atomic E-state index is 10.8. The van der Waals surface area contributed by atoms with Crippen molar-refractivity contribution in [1.82, 2.24) is 9.97 Å². The number of phenols is 1. The summed E-state index contributed by atoms with van der Waals surface area (Å²) in [7, 11) is 0. The predicted molar refractivity (Wildman–Crippen MR) is 95.3 cm³/mol. The largest absolute Gasteiger partial charge is 0.508 e. The molecule has 0 aliphatic heterocycles. The number of nitro groups is 1. The molecular weight excluding hydrogens is 318 g/mol. The van der Waals surface area contributed by atoms with Gasteiger partial charge in [0.05, 0.1) is 4.92 Å². The lowest BCUT2D eigenvalue weighted by atomic mass is 10.0. The predicted octanol–water partition coefficient (Wildman–Crippen LogP) is 4.51. The van der Waals surface area contributed by atoms with Gasteiger partial charge in [-0.1, -0.05) is 12.1 Å². The van der Waals surface area contributed by atoms with Gasteiger partial charge in [0.15, 0.2) is 0 Å². The van der Waals surface area contributed by atoms with Gasteiger partial charge in [0.2, 0.25) is 0 Å². The molecule has 2 heterocycles. The van der Waals surface area contributed by atoms with E-state index in [0.29, 0.717) is 0 Å². The van der Waals surface area contributed by atoms with E-state index in [0.717, 1.165) is 33.3 Å². The van der Waals surface area contributed by atoms with Crippen LogP contribution in [0, 0.1) is 10.1 Å². The monoisotopic (exact) mass is 331 g/mol. The summed E-state index contributed by atoms with van der Waals surface area (Å²) in [5.74, 6) is 0.216. The van der Waals surface area contributed by atoms with Crippen molar-refractivity contribution in [2.45, 2.75) is 0 Å². The van der Waals surface area contributed by atoms with Crippen LogP contribution in [0.2, 0.25) is 0 Å². The number of rotatable bonds is 3. The molecule has 2 N–H and O–H groups in total. The molecule has 4 rings (SSSR count). The fourth-order valence-corrected chi connectivity index (χ4v) is 2.82. The standard InChI is InChI=1S/C19H13N3O3/c23-16-7-3-13(4-8-16)18-11-21-19-17(18)9-14(10-20-19)12-1-5-15(6-2-12)22(24)25/h1-11,23H,(H,20,21). The Balaban J connectivity index is 1.80. The van der Waals surface area contributed by atoms with Crippen LogP contribution in [0.1, 0.15) is 0 Å². The summed E-state index contributed by atoms with van der Waals surface area (Å²) in [6.45, 7) is 0. The van der Waals surface area contributed by atoms with Gasteiger partial charge in [0.25, 0.3) is 5.69 Å². The second-order valence-electron chi connectivity index (χ2n) is 5.67. The number of nitro benzene ring substituents is 1. The molecule has 0 radical (unpaired) electrons. The highest BCUT2D eigenvalue weighted by molar-refractivity contribution is 5.95. The first-order chi connectivity index (χ1) is 12.1. The van der Waals surface area contributed by atoms with E-state index in [9.17, 15) is 15.2 Å². The van der Waals surface area contributed by atoms with Crippen molar-refractivity contribution in [3.63, 3.8) is 0 Å². The van der Waals surface area contributed by atoms with E-state index in [4.69, 9.17) is 0 Å². The van der Waals surface area contributed by atoms with Crippen LogP contribution in [0.3, 0.4) is 0 Å². The molecule has 25 heavy (non-hydrogen) atoms. The van der Waals surface area contributed by atoms with E-state index in [2.05, 4.69) is 9.97 Å². The van der Waals surface area contributed by atoms with Gasteiger partial charge in [-0.3, -0.25) is 10.1 Å². The second-order valence-corrected chi connectivity index (χ2v) is 5.67. The van der Waals surface area contributed by atoms with Crippen molar-refractivity contribution in [3.05, 3.63) is 77.1 Å². The summed E-state index contributed by atoms with van der Waals surface area (Å²) >= 11 is 0. The molecule has 0 amide bonds. The molecule has 2 aromatic carbocycles. The first kappa shape index (κ1) is 14.9. The Morgan fingerprint density at radius 2 is 1.64 bits per heavy atom. The van der Waals surface area contributed by atoms with Crippen LogP contribution in [0.15, 0.2) is 67.0 Å². The normalized spacial score (nSPS) is 10.9. The molecule has 6 nitrogen and oxygen atoms in total. The summed E-state index contributed by atoms with van der Waals surface area (Å²) in [6.07, 6.45) is 3.62. The highest BCUT2D eigenvalue weighted by Crippen LogP contribution is 2.32. The number of pyridine rings is 1. The van der Waals surface area contributed by atoms with Crippen molar-refractivity contribution < 1.29 is 10.0 Å². The third-order valence-corrected chi connectivity index (χ3v) is 4.12. The maximum absolute atomic E-state index is 10.8. The molecule has 122 valence electrons. The maximum Gasteiger partial charge on any atom is 0.269 e. The minimum atomic E-state index is -0.416. The van der Waals surface area contributed by atoms with E-state index in [1.807, 2.05) is 24.4 Å². The number of fused-ring (bicyclic) bond motifs is 1. The summed E-state index contributed by atoms with van der Waals surface area (Å²) in [4.78, 5) is 18.0. The molecule has 0 saturated carbocycles. The third kappa shape index (κ3) is 2.70. The van der Waals surface area contributed by atoms with E-state index in [-0.39, 0.29) is 11.4 Å². The molecule has 2 aromatic heterocycles. The Hall–Kier alpha value is -3.67. The summed E-state index contributed by atoms with van der Waals surface area (Å²) in [5, 5.41) is 21.2. The topological polar surface area (TPSA) is 92.0 Å². The van der Waals surface area contributed by atoms with Crippen LogP contribution in [-0.2, 0) is 0 Å². The first-order valence-electron chi connectivity index (χ1n) is 7.63. The first-order valence-corrected chi connectivity index (χ1v) is 7.63. The van der Waals surface area contributed by atoms with Crippen LogP contribution in [0.5, 0.6) is 5.75 Å². The van der Waals surface area contributed by atoms with Crippen LogP contribution in [0.25, 0.3) is 33.3 Å². The zero-order chi connectivity index (χ0) is 17.4. The molecule has 6 heteroatoms. The van der Waals surface area contributed by atoms with Crippen LogP contribution in [-0.4, -0.2) is 20.0 Å². The Kier molecular flexibility index (Phi) is 3.43. The van der Waals surface area contributed by atoms with Crippen LogP contribution >= 0.6 is 0 Å². The molecular formula is C19H13N3O3. The van der Waals surface area contributed by atoms with Gasteiger partial charge in [-0.2, -0.15) is 0 Å². The number of phenolic OH excluding ortho intramolecular Hbond substituents is 1. The number of aromatic amines is 1. The lowest BCUT2D eigenvalue weighted by Gasteiger charge is -2.04. The Morgan fingerprint density at radius 3 is 2.32 bits per heavy atom. The van der Waals surface area contributed by atoms with Gasteiger partial charge < -0.3 is 10.1 Å².